The molecule has 0 aromatic heterocycles. The van der Waals surface area contributed by atoms with Crippen LogP contribution in [0, 0.1) is 0 Å². The first-order valence-electron chi connectivity index (χ1n) is 7.87. The topological polar surface area (TPSA) is 68.2 Å². The van der Waals surface area contributed by atoms with Crippen molar-refractivity contribution < 1.29 is 24.4 Å². The van der Waals surface area contributed by atoms with Crippen LogP contribution in [0.5, 0.6) is 23.0 Å². The summed E-state index contributed by atoms with van der Waals surface area (Å²) in [7, 11) is 3.03. The molecule has 0 aliphatic carbocycles. The van der Waals surface area contributed by atoms with Crippen molar-refractivity contribution in [3.63, 3.8) is 0 Å². The molecule has 2 aromatic rings. The molecule has 5 heteroatoms. The zero-order valence-corrected chi connectivity index (χ0v) is 14.4. The van der Waals surface area contributed by atoms with E-state index in [1.807, 2.05) is 26.0 Å². The van der Waals surface area contributed by atoms with E-state index in [9.17, 15) is 10.2 Å². The zero-order valence-electron chi connectivity index (χ0n) is 14.4. The molecule has 0 aliphatic heterocycles. The highest BCUT2D eigenvalue weighted by Gasteiger charge is 2.24. The van der Waals surface area contributed by atoms with Gasteiger partial charge < -0.3 is 24.4 Å². The van der Waals surface area contributed by atoms with E-state index in [4.69, 9.17) is 14.2 Å². The first-order valence-corrected chi connectivity index (χ1v) is 7.87. The number of rotatable bonds is 7. The van der Waals surface area contributed by atoms with E-state index >= 15 is 0 Å². The van der Waals surface area contributed by atoms with Gasteiger partial charge in [0.1, 0.15) is 0 Å². The van der Waals surface area contributed by atoms with Gasteiger partial charge in [0.15, 0.2) is 23.0 Å². The maximum atomic E-state index is 9.84. The third-order valence-electron chi connectivity index (χ3n) is 4.02. The average molecular weight is 332 g/mol. The highest BCUT2D eigenvalue weighted by atomic mass is 16.5. The number of aromatic hydroxyl groups is 2. The van der Waals surface area contributed by atoms with Gasteiger partial charge in [0.05, 0.1) is 20.3 Å². The lowest BCUT2D eigenvalue weighted by molar-refractivity contribution is 0.0648. The van der Waals surface area contributed by atoms with Gasteiger partial charge in [-0.3, -0.25) is 0 Å². The summed E-state index contributed by atoms with van der Waals surface area (Å²) in [5, 5.41) is 19.7. The molecular weight excluding hydrogens is 308 g/mol. The largest absolute Gasteiger partial charge is 0.504 e. The van der Waals surface area contributed by atoms with Gasteiger partial charge in [-0.15, -0.1) is 0 Å². The molecule has 0 aliphatic rings. The SMILES string of the molecule is CCOC(C)C(c1ccc(O)c(OC)c1)c1ccc(O)c(OC)c1. The third-order valence-corrected chi connectivity index (χ3v) is 4.02. The van der Waals surface area contributed by atoms with Gasteiger partial charge in [0, 0.05) is 12.5 Å². The van der Waals surface area contributed by atoms with Crippen LogP contribution < -0.4 is 9.47 Å². The van der Waals surface area contributed by atoms with Gasteiger partial charge in [-0.05, 0) is 49.2 Å². The molecule has 2 rings (SSSR count). The van der Waals surface area contributed by atoms with E-state index in [1.54, 1.807) is 24.3 Å². The summed E-state index contributed by atoms with van der Waals surface area (Å²) in [6.45, 7) is 4.53. The minimum Gasteiger partial charge on any atom is -0.504 e. The Morgan fingerprint density at radius 3 is 1.71 bits per heavy atom. The second-order valence-electron chi connectivity index (χ2n) is 5.50. The van der Waals surface area contributed by atoms with Gasteiger partial charge in [-0.25, -0.2) is 0 Å². The van der Waals surface area contributed by atoms with Crippen molar-refractivity contribution in [3.8, 4) is 23.0 Å². The van der Waals surface area contributed by atoms with Crippen LogP contribution in [-0.2, 0) is 4.74 Å². The molecule has 0 amide bonds. The van der Waals surface area contributed by atoms with Crippen LogP contribution in [0.1, 0.15) is 30.9 Å². The Kier molecular flexibility index (Phi) is 5.93. The van der Waals surface area contributed by atoms with E-state index in [0.29, 0.717) is 18.1 Å². The molecule has 1 atom stereocenters. The van der Waals surface area contributed by atoms with E-state index in [2.05, 4.69) is 0 Å². The van der Waals surface area contributed by atoms with Crippen molar-refractivity contribution >= 4 is 0 Å². The Morgan fingerprint density at radius 2 is 1.33 bits per heavy atom. The Labute approximate surface area is 142 Å². The lowest BCUT2D eigenvalue weighted by Gasteiger charge is -2.26. The number of hydrogen-bond donors (Lipinski definition) is 2. The molecule has 0 saturated carbocycles. The van der Waals surface area contributed by atoms with Crippen LogP contribution >= 0.6 is 0 Å². The number of benzene rings is 2. The van der Waals surface area contributed by atoms with Crippen molar-refractivity contribution in [2.24, 2.45) is 0 Å². The fourth-order valence-corrected chi connectivity index (χ4v) is 2.87. The highest BCUT2D eigenvalue weighted by molar-refractivity contribution is 5.49. The standard InChI is InChI=1S/C19H24O5/c1-5-24-12(2)19(13-6-8-15(20)17(10-13)22-3)14-7-9-16(21)18(11-14)23-4/h6-12,19-21H,5H2,1-4H3. The van der Waals surface area contributed by atoms with Crippen LogP contribution in [0.3, 0.4) is 0 Å². The van der Waals surface area contributed by atoms with Gasteiger partial charge in [0.2, 0.25) is 0 Å². The number of ether oxygens (including phenoxy) is 3. The number of hydrogen-bond acceptors (Lipinski definition) is 5. The lowest BCUT2D eigenvalue weighted by atomic mass is 9.86. The molecule has 2 N–H and O–H groups in total. The zero-order chi connectivity index (χ0) is 17.7. The molecule has 0 heterocycles. The van der Waals surface area contributed by atoms with Gasteiger partial charge in [0.25, 0.3) is 0 Å². The predicted octanol–water partition coefficient (Wildman–Crippen LogP) is 3.67. The highest BCUT2D eigenvalue weighted by Crippen LogP contribution is 2.38. The van der Waals surface area contributed by atoms with Gasteiger partial charge >= 0.3 is 0 Å². The first kappa shape index (κ1) is 17.9. The predicted molar refractivity (Wildman–Crippen MR) is 92.2 cm³/mol. The molecular formula is C19H24O5. The molecule has 24 heavy (non-hydrogen) atoms. The monoisotopic (exact) mass is 332 g/mol. The summed E-state index contributed by atoms with van der Waals surface area (Å²) in [6.07, 6.45) is -0.113. The molecule has 5 nitrogen and oxygen atoms in total. The maximum absolute atomic E-state index is 9.84. The van der Waals surface area contributed by atoms with Crippen molar-refractivity contribution in [3.05, 3.63) is 47.5 Å². The third kappa shape index (κ3) is 3.74. The molecule has 1 unspecified atom stereocenters. The average Bonchev–Trinajstić information content (AvgIpc) is 2.58. The minimum atomic E-state index is -0.113. The summed E-state index contributed by atoms with van der Waals surface area (Å²) >= 11 is 0. The van der Waals surface area contributed by atoms with Crippen LogP contribution in [0.25, 0.3) is 0 Å². The second kappa shape index (κ2) is 7.93. The molecule has 130 valence electrons. The fraction of sp³-hybridized carbons (Fsp3) is 0.368. The Balaban J connectivity index is 2.53. The molecule has 0 radical (unpaired) electrons. The normalized spacial score (nSPS) is 12.2. The van der Waals surface area contributed by atoms with E-state index in [1.165, 1.54) is 14.2 Å². The van der Waals surface area contributed by atoms with Crippen molar-refractivity contribution in [1.82, 2.24) is 0 Å². The summed E-state index contributed by atoms with van der Waals surface area (Å²) in [5.41, 5.74) is 1.89. The summed E-state index contributed by atoms with van der Waals surface area (Å²) in [6, 6.07) is 10.5. The molecule has 0 bridgehead atoms. The molecule has 2 aromatic carbocycles. The molecule has 0 spiro atoms. The minimum absolute atomic E-state index is 0.0901. The van der Waals surface area contributed by atoms with Crippen LogP contribution in [0.15, 0.2) is 36.4 Å². The molecule has 0 fully saturated rings. The second-order valence-corrected chi connectivity index (χ2v) is 5.50. The Bertz CT molecular complexity index is 630. The van der Waals surface area contributed by atoms with E-state index < -0.39 is 0 Å². The Hall–Kier alpha value is -2.40. The van der Waals surface area contributed by atoms with Crippen molar-refractivity contribution in [2.75, 3.05) is 20.8 Å². The molecule has 0 saturated heterocycles. The van der Waals surface area contributed by atoms with Crippen LogP contribution in [-0.4, -0.2) is 37.1 Å². The lowest BCUT2D eigenvalue weighted by Crippen LogP contribution is -2.20. The van der Waals surface area contributed by atoms with E-state index in [0.717, 1.165) is 11.1 Å². The summed E-state index contributed by atoms with van der Waals surface area (Å²) in [5.74, 6) is 0.896. The maximum Gasteiger partial charge on any atom is 0.160 e. The van der Waals surface area contributed by atoms with Crippen molar-refractivity contribution in [1.29, 1.82) is 0 Å². The number of phenolic OH excluding ortho intramolecular Hbond substituents is 2. The van der Waals surface area contributed by atoms with E-state index in [-0.39, 0.29) is 23.5 Å². The summed E-state index contributed by atoms with van der Waals surface area (Å²) < 4.78 is 16.3. The number of phenols is 2. The number of methoxy groups -OCH3 is 2. The fourth-order valence-electron chi connectivity index (χ4n) is 2.87. The van der Waals surface area contributed by atoms with Crippen molar-refractivity contribution in [2.45, 2.75) is 25.9 Å². The quantitative estimate of drug-likeness (QED) is 0.810. The van der Waals surface area contributed by atoms with Gasteiger partial charge in [-0.2, -0.15) is 0 Å². The Morgan fingerprint density at radius 1 is 0.875 bits per heavy atom. The van der Waals surface area contributed by atoms with Crippen LogP contribution in [0.2, 0.25) is 0 Å². The first-order chi connectivity index (χ1) is 11.5. The summed E-state index contributed by atoms with van der Waals surface area (Å²) in [4.78, 5) is 0. The van der Waals surface area contributed by atoms with Crippen LogP contribution in [0.4, 0.5) is 0 Å². The smallest absolute Gasteiger partial charge is 0.160 e. The van der Waals surface area contributed by atoms with Gasteiger partial charge in [-0.1, -0.05) is 12.1 Å².